The number of nitrogen functional groups attached to an aromatic ring is 1. The van der Waals surface area contributed by atoms with Crippen LogP contribution in [0.4, 0.5) is 11.8 Å². The fourth-order valence-corrected chi connectivity index (χ4v) is 1.64. The minimum Gasteiger partial charge on any atom is -0.368 e. The van der Waals surface area contributed by atoms with Crippen molar-refractivity contribution in [2.75, 3.05) is 11.1 Å². The molecular formula is C13H16N4. The van der Waals surface area contributed by atoms with E-state index in [0.717, 1.165) is 17.9 Å². The Balaban J connectivity index is 2.09. The first-order valence-electron chi connectivity index (χ1n) is 5.53. The zero-order valence-corrected chi connectivity index (χ0v) is 10.1. The van der Waals surface area contributed by atoms with Gasteiger partial charge in [-0.2, -0.15) is 4.98 Å². The van der Waals surface area contributed by atoms with Crippen molar-refractivity contribution in [3.05, 3.63) is 47.2 Å². The van der Waals surface area contributed by atoms with Crippen LogP contribution in [0.15, 0.2) is 30.5 Å². The monoisotopic (exact) mass is 228 g/mol. The van der Waals surface area contributed by atoms with Gasteiger partial charge in [0, 0.05) is 18.3 Å². The van der Waals surface area contributed by atoms with E-state index in [1.165, 1.54) is 11.1 Å². The van der Waals surface area contributed by atoms with Crippen molar-refractivity contribution in [2.45, 2.75) is 20.4 Å². The Morgan fingerprint density at radius 2 is 2.12 bits per heavy atom. The van der Waals surface area contributed by atoms with Crippen LogP contribution < -0.4 is 11.1 Å². The lowest BCUT2D eigenvalue weighted by Crippen LogP contribution is -2.06. The smallest absolute Gasteiger partial charge is 0.221 e. The summed E-state index contributed by atoms with van der Waals surface area (Å²) in [6, 6.07) is 8.36. The molecule has 3 N–H and O–H groups in total. The summed E-state index contributed by atoms with van der Waals surface area (Å²) in [6.07, 6.45) is 1.72. The predicted octanol–water partition coefficient (Wildman–Crippen LogP) is 2.29. The number of nitrogens with one attached hydrogen (secondary N) is 1. The summed E-state index contributed by atoms with van der Waals surface area (Å²) in [5.41, 5.74) is 9.03. The van der Waals surface area contributed by atoms with Gasteiger partial charge in [0.25, 0.3) is 0 Å². The van der Waals surface area contributed by atoms with Gasteiger partial charge in [0.15, 0.2) is 0 Å². The molecule has 0 aliphatic heterocycles. The summed E-state index contributed by atoms with van der Waals surface area (Å²) in [7, 11) is 0. The average Bonchev–Trinajstić information content (AvgIpc) is 2.30. The van der Waals surface area contributed by atoms with Gasteiger partial charge < -0.3 is 11.1 Å². The molecule has 1 heterocycles. The quantitative estimate of drug-likeness (QED) is 0.846. The van der Waals surface area contributed by atoms with Gasteiger partial charge in [0.05, 0.1) is 0 Å². The van der Waals surface area contributed by atoms with Crippen molar-refractivity contribution in [1.82, 2.24) is 9.97 Å². The van der Waals surface area contributed by atoms with Crippen LogP contribution in [0.2, 0.25) is 0 Å². The molecule has 4 heteroatoms. The molecule has 0 aliphatic rings. The number of aryl methyl sites for hydroxylation is 2. The van der Waals surface area contributed by atoms with Gasteiger partial charge >= 0.3 is 0 Å². The summed E-state index contributed by atoms with van der Waals surface area (Å²) >= 11 is 0. The van der Waals surface area contributed by atoms with E-state index in [9.17, 15) is 0 Å². The van der Waals surface area contributed by atoms with Crippen LogP contribution >= 0.6 is 0 Å². The Bertz CT molecular complexity index is 523. The van der Waals surface area contributed by atoms with Gasteiger partial charge in [-0.3, -0.25) is 0 Å². The van der Waals surface area contributed by atoms with Gasteiger partial charge in [-0.05, 0) is 19.4 Å². The number of rotatable bonds is 3. The minimum atomic E-state index is 0.294. The van der Waals surface area contributed by atoms with Crippen LogP contribution in [0.1, 0.15) is 16.7 Å². The van der Waals surface area contributed by atoms with Crippen LogP contribution in [0, 0.1) is 13.8 Å². The Morgan fingerprint density at radius 3 is 2.88 bits per heavy atom. The van der Waals surface area contributed by atoms with Crippen molar-refractivity contribution in [2.24, 2.45) is 0 Å². The van der Waals surface area contributed by atoms with Crippen molar-refractivity contribution in [3.8, 4) is 0 Å². The molecule has 1 aromatic carbocycles. The lowest BCUT2D eigenvalue weighted by molar-refractivity contribution is 1.07. The normalized spacial score (nSPS) is 10.2. The first-order valence-corrected chi connectivity index (χ1v) is 5.53. The molecule has 2 aromatic rings. The standard InChI is InChI=1S/C13H16N4/c1-9-4-3-5-11(6-9)8-15-12-10(2)7-16-13(14)17-12/h3-7H,8H2,1-2H3,(H3,14,15,16,17). The molecule has 0 saturated carbocycles. The van der Waals surface area contributed by atoms with E-state index >= 15 is 0 Å². The molecule has 1 aromatic heterocycles. The summed E-state index contributed by atoms with van der Waals surface area (Å²) in [5.74, 6) is 1.08. The zero-order valence-electron chi connectivity index (χ0n) is 10.1. The van der Waals surface area contributed by atoms with Crippen molar-refractivity contribution < 1.29 is 0 Å². The third-order valence-corrected chi connectivity index (χ3v) is 2.53. The topological polar surface area (TPSA) is 63.8 Å². The van der Waals surface area contributed by atoms with E-state index in [1.807, 2.05) is 13.0 Å². The molecule has 88 valence electrons. The van der Waals surface area contributed by atoms with Crippen molar-refractivity contribution in [3.63, 3.8) is 0 Å². The number of benzene rings is 1. The predicted molar refractivity (Wildman–Crippen MR) is 69.7 cm³/mol. The maximum atomic E-state index is 5.56. The Labute approximate surface area is 101 Å². The minimum absolute atomic E-state index is 0.294. The lowest BCUT2D eigenvalue weighted by Gasteiger charge is -2.09. The van der Waals surface area contributed by atoms with E-state index in [-0.39, 0.29) is 0 Å². The van der Waals surface area contributed by atoms with Crippen molar-refractivity contribution >= 4 is 11.8 Å². The highest BCUT2D eigenvalue weighted by Gasteiger charge is 2.01. The highest BCUT2D eigenvalue weighted by Crippen LogP contribution is 2.13. The molecule has 0 radical (unpaired) electrons. The second-order valence-corrected chi connectivity index (χ2v) is 4.10. The van der Waals surface area contributed by atoms with Crippen LogP contribution in [0.3, 0.4) is 0 Å². The maximum Gasteiger partial charge on any atom is 0.221 e. The number of anilines is 2. The average molecular weight is 228 g/mol. The van der Waals surface area contributed by atoms with Gasteiger partial charge in [0.1, 0.15) is 5.82 Å². The second-order valence-electron chi connectivity index (χ2n) is 4.10. The van der Waals surface area contributed by atoms with Crippen molar-refractivity contribution in [1.29, 1.82) is 0 Å². The summed E-state index contributed by atoms with van der Waals surface area (Å²) in [5, 5.41) is 3.27. The molecule has 17 heavy (non-hydrogen) atoms. The zero-order chi connectivity index (χ0) is 12.3. The second kappa shape index (κ2) is 4.82. The Morgan fingerprint density at radius 1 is 1.29 bits per heavy atom. The highest BCUT2D eigenvalue weighted by molar-refractivity contribution is 5.45. The van der Waals surface area contributed by atoms with Gasteiger partial charge in [-0.25, -0.2) is 4.98 Å². The molecule has 0 saturated heterocycles. The van der Waals surface area contributed by atoms with E-state index in [1.54, 1.807) is 6.20 Å². The number of hydrogen-bond acceptors (Lipinski definition) is 4. The van der Waals surface area contributed by atoms with E-state index < -0.39 is 0 Å². The highest BCUT2D eigenvalue weighted by atomic mass is 15.1. The first-order chi connectivity index (χ1) is 8.15. The SMILES string of the molecule is Cc1cccc(CNc2nc(N)ncc2C)c1. The summed E-state index contributed by atoms with van der Waals surface area (Å²) in [6.45, 7) is 4.77. The first kappa shape index (κ1) is 11.4. The molecule has 0 atom stereocenters. The van der Waals surface area contributed by atoms with E-state index in [2.05, 4.69) is 40.4 Å². The van der Waals surface area contributed by atoms with E-state index in [0.29, 0.717) is 5.95 Å². The number of aromatic nitrogens is 2. The summed E-state index contributed by atoms with van der Waals surface area (Å²) in [4.78, 5) is 8.10. The fraction of sp³-hybridized carbons (Fsp3) is 0.231. The van der Waals surface area contributed by atoms with Gasteiger partial charge in [-0.15, -0.1) is 0 Å². The Kier molecular flexibility index (Phi) is 3.23. The number of nitrogens with two attached hydrogens (primary N) is 1. The molecule has 0 unspecified atom stereocenters. The maximum absolute atomic E-state index is 5.56. The van der Waals surface area contributed by atoms with Gasteiger partial charge in [0.2, 0.25) is 5.95 Å². The largest absolute Gasteiger partial charge is 0.368 e. The Hall–Kier alpha value is -2.10. The van der Waals surface area contributed by atoms with Crippen LogP contribution in [-0.4, -0.2) is 9.97 Å². The summed E-state index contributed by atoms with van der Waals surface area (Å²) < 4.78 is 0. The molecule has 4 nitrogen and oxygen atoms in total. The van der Waals surface area contributed by atoms with Gasteiger partial charge in [-0.1, -0.05) is 29.8 Å². The molecule has 0 fully saturated rings. The lowest BCUT2D eigenvalue weighted by atomic mass is 10.1. The third kappa shape index (κ3) is 2.93. The molecule has 0 aliphatic carbocycles. The number of nitrogens with zero attached hydrogens (tertiary/aromatic N) is 2. The molecule has 0 spiro atoms. The molecule has 0 amide bonds. The third-order valence-electron chi connectivity index (χ3n) is 2.53. The number of hydrogen-bond donors (Lipinski definition) is 2. The molecular weight excluding hydrogens is 212 g/mol. The fourth-order valence-electron chi connectivity index (χ4n) is 1.64. The van der Waals surface area contributed by atoms with E-state index in [4.69, 9.17) is 5.73 Å². The van der Waals surface area contributed by atoms with Crippen LogP contribution in [-0.2, 0) is 6.54 Å². The molecule has 2 rings (SSSR count). The van der Waals surface area contributed by atoms with Crippen LogP contribution in [0.5, 0.6) is 0 Å². The van der Waals surface area contributed by atoms with Crippen LogP contribution in [0.25, 0.3) is 0 Å². The molecule has 0 bridgehead atoms.